The molecule has 0 aliphatic carbocycles. The molecule has 1 aliphatic rings. The van der Waals surface area contributed by atoms with E-state index in [1.165, 1.54) is 16.4 Å². The SMILES string of the molecule is O=S(=O)(c1ccccc1OC(F)(F)F)N1CCN([C@@H](c2ccccc2)c2ccc(Br)cc2)CC1. The predicted octanol–water partition coefficient (Wildman–Crippen LogP) is 5.44. The van der Waals surface area contributed by atoms with Gasteiger partial charge in [-0.05, 0) is 35.4 Å². The smallest absolute Gasteiger partial charge is 0.404 e. The first kappa shape index (κ1) is 24.7. The highest BCUT2D eigenvalue weighted by Gasteiger charge is 2.37. The molecule has 4 rings (SSSR count). The molecule has 0 spiro atoms. The van der Waals surface area contributed by atoms with E-state index >= 15 is 0 Å². The minimum absolute atomic E-state index is 0.0833. The molecular weight excluding hydrogens is 533 g/mol. The van der Waals surface area contributed by atoms with Crippen molar-refractivity contribution in [3.05, 3.63) is 94.5 Å². The average Bonchev–Trinajstić information content (AvgIpc) is 2.81. The summed E-state index contributed by atoms with van der Waals surface area (Å²) in [5.41, 5.74) is 2.14. The van der Waals surface area contributed by atoms with E-state index in [0.717, 1.165) is 27.7 Å². The largest absolute Gasteiger partial charge is 0.573 e. The van der Waals surface area contributed by atoms with Crippen molar-refractivity contribution in [1.29, 1.82) is 0 Å². The molecule has 0 N–H and O–H groups in total. The lowest BCUT2D eigenvalue weighted by Crippen LogP contribution is -2.49. The summed E-state index contributed by atoms with van der Waals surface area (Å²) in [6.07, 6.45) is -4.99. The summed E-state index contributed by atoms with van der Waals surface area (Å²) in [4.78, 5) is 1.69. The molecule has 3 aromatic rings. The van der Waals surface area contributed by atoms with E-state index < -0.39 is 27.0 Å². The standard InChI is InChI=1S/C24H22BrF3N2O3S/c25-20-12-10-19(11-13-20)23(18-6-2-1-3-7-18)29-14-16-30(17-15-29)34(31,32)22-9-5-4-8-21(22)33-24(26,27)28/h1-13,23H,14-17H2/t23-/m0/s1. The number of alkyl halides is 3. The van der Waals surface area contributed by atoms with Crippen LogP contribution in [0.4, 0.5) is 13.2 Å². The van der Waals surface area contributed by atoms with E-state index in [4.69, 9.17) is 0 Å². The first-order valence-corrected chi connectivity index (χ1v) is 12.8. The number of benzene rings is 3. The van der Waals surface area contributed by atoms with Crippen LogP contribution in [-0.4, -0.2) is 50.2 Å². The lowest BCUT2D eigenvalue weighted by Gasteiger charge is -2.39. The Labute approximate surface area is 204 Å². The molecular formula is C24H22BrF3N2O3S. The number of para-hydroxylation sites is 1. The highest BCUT2D eigenvalue weighted by molar-refractivity contribution is 9.10. The number of rotatable bonds is 6. The van der Waals surface area contributed by atoms with Gasteiger partial charge in [0.05, 0.1) is 6.04 Å². The fraction of sp³-hybridized carbons (Fsp3) is 0.250. The summed E-state index contributed by atoms with van der Waals surface area (Å²) in [5, 5.41) is 0. The number of sulfonamides is 1. The normalized spacial score (nSPS) is 16.8. The van der Waals surface area contributed by atoms with Gasteiger partial charge >= 0.3 is 6.36 Å². The van der Waals surface area contributed by atoms with E-state index in [2.05, 4.69) is 25.6 Å². The van der Waals surface area contributed by atoms with Gasteiger partial charge in [0.1, 0.15) is 10.6 Å². The topological polar surface area (TPSA) is 49.9 Å². The van der Waals surface area contributed by atoms with Crippen LogP contribution >= 0.6 is 15.9 Å². The Morgan fingerprint density at radius 2 is 1.35 bits per heavy atom. The van der Waals surface area contributed by atoms with Crippen LogP contribution in [0.2, 0.25) is 0 Å². The Balaban J connectivity index is 1.57. The second-order valence-electron chi connectivity index (χ2n) is 7.80. The van der Waals surface area contributed by atoms with Crippen LogP contribution < -0.4 is 4.74 Å². The van der Waals surface area contributed by atoms with Crippen LogP contribution in [0.5, 0.6) is 5.75 Å². The van der Waals surface area contributed by atoms with Crippen molar-refractivity contribution in [1.82, 2.24) is 9.21 Å². The van der Waals surface area contributed by atoms with E-state index in [1.54, 1.807) is 0 Å². The Kier molecular flexibility index (Phi) is 7.32. The number of hydrogen-bond acceptors (Lipinski definition) is 4. The molecule has 1 heterocycles. The van der Waals surface area contributed by atoms with E-state index in [0.29, 0.717) is 13.1 Å². The van der Waals surface area contributed by atoms with Gasteiger partial charge in [-0.15, -0.1) is 13.2 Å². The Morgan fingerprint density at radius 3 is 1.97 bits per heavy atom. The van der Waals surface area contributed by atoms with Crippen LogP contribution in [0.25, 0.3) is 0 Å². The predicted molar refractivity (Wildman–Crippen MR) is 126 cm³/mol. The minimum Gasteiger partial charge on any atom is -0.404 e. The molecule has 5 nitrogen and oxygen atoms in total. The second-order valence-corrected chi connectivity index (χ2v) is 10.6. The molecule has 0 unspecified atom stereocenters. The van der Waals surface area contributed by atoms with Gasteiger partial charge in [-0.3, -0.25) is 4.90 Å². The fourth-order valence-electron chi connectivity index (χ4n) is 4.11. The number of halogens is 4. The molecule has 1 aliphatic heterocycles. The minimum atomic E-state index is -4.99. The average molecular weight is 555 g/mol. The second kappa shape index (κ2) is 10.1. The van der Waals surface area contributed by atoms with Crippen LogP contribution in [0.15, 0.2) is 88.2 Å². The quantitative estimate of drug-likeness (QED) is 0.407. The molecule has 1 atom stereocenters. The number of piperazine rings is 1. The van der Waals surface area contributed by atoms with Crippen molar-refractivity contribution in [2.45, 2.75) is 17.3 Å². The number of ether oxygens (including phenoxy) is 1. The lowest BCUT2D eigenvalue weighted by atomic mass is 9.96. The van der Waals surface area contributed by atoms with Crippen molar-refractivity contribution < 1.29 is 26.3 Å². The molecule has 0 bridgehead atoms. The Bertz CT molecular complexity index is 1210. The van der Waals surface area contributed by atoms with Crippen molar-refractivity contribution in [3.8, 4) is 5.75 Å². The molecule has 10 heteroatoms. The van der Waals surface area contributed by atoms with E-state index in [9.17, 15) is 21.6 Å². The summed E-state index contributed by atoms with van der Waals surface area (Å²) in [5.74, 6) is -0.727. The van der Waals surface area contributed by atoms with Gasteiger partial charge < -0.3 is 4.74 Å². The van der Waals surface area contributed by atoms with Crippen molar-refractivity contribution in [2.75, 3.05) is 26.2 Å². The fourth-order valence-corrected chi connectivity index (χ4v) is 5.91. The Morgan fingerprint density at radius 1 is 0.794 bits per heavy atom. The summed E-state index contributed by atoms with van der Waals surface area (Å²) in [6.45, 7) is 1.11. The van der Waals surface area contributed by atoms with Gasteiger partial charge in [0.2, 0.25) is 10.0 Å². The monoisotopic (exact) mass is 554 g/mol. The molecule has 34 heavy (non-hydrogen) atoms. The third-order valence-electron chi connectivity index (χ3n) is 5.63. The van der Waals surface area contributed by atoms with Gasteiger partial charge in [-0.1, -0.05) is 70.5 Å². The third-order valence-corrected chi connectivity index (χ3v) is 8.10. The highest BCUT2D eigenvalue weighted by atomic mass is 79.9. The van der Waals surface area contributed by atoms with Crippen LogP contribution in [0, 0.1) is 0 Å². The lowest BCUT2D eigenvalue weighted by molar-refractivity contribution is -0.275. The van der Waals surface area contributed by atoms with Crippen LogP contribution in [-0.2, 0) is 10.0 Å². The molecule has 0 saturated carbocycles. The summed E-state index contributed by atoms with van der Waals surface area (Å²) in [6, 6.07) is 22.6. The summed E-state index contributed by atoms with van der Waals surface area (Å²) >= 11 is 3.46. The number of hydrogen-bond donors (Lipinski definition) is 0. The Hall–Kier alpha value is -2.40. The number of nitrogens with zero attached hydrogens (tertiary/aromatic N) is 2. The van der Waals surface area contributed by atoms with Crippen LogP contribution in [0.1, 0.15) is 17.2 Å². The first-order valence-electron chi connectivity index (χ1n) is 10.5. The van der Waals surface area contributed by atoms with Gasteiger partial charge in [-0.2, -0.15) is 4.31 Å². The molecule has 0 aromatic heterocycles. The highest BCUT2D eigenvalue weighted by Crippen LogP contribution is 2.34. The van der Waals surface area contributed by atoms with Crippen molar-refractivity contribution >= 4 is 26.0 Å². The molecule has 180 valence electrons. The maximum atomic E-state index is 13.2. The van der Waals surface area contributed by atoms with E-state index in [1.807, 2.05) is 54.6 Å². The third kappa shape index (κ3) is 5.63. The van der Waals surface area contributed by atoms with Gasteiger partial charge in [0.15, 0.2) is 0 Å². The first-order chi connectivity index (χ1) is 16.1. The van der Waals surface area contributed by atoms with Crippen molar-refractivity contribution in [2.24, 2.45) is 0 Å². The molecule has 0 radical (unpaired) electrons. The molecule has 0 amide bonds. The molecule has 1 fully saturated rings. The van der Waals surface area contributed by atoms with Gasteiger partial charge in [0.25, 0.3) is 0 Å². The summed E-state index contributed by atoms with van der Waals surface area (Å²) in [7, 11) is -4.17. The summed E-state index contributed by atoms with van der Waals surface area (Å²) < 4.78 is 70.9. The zero-order valence-corrected chi connectivity index (χ0v) is 20.4. The molecule has 1 saturated heterocycles. The molecule has 3 aromatic carbocycles. The zero-order chi connectivity index (χ0) is 24.3. The maximum absolute atomic E-state index is 13.2. The van der Waals surface area contributed by atoms with Gasteiger partial charge in [-0.25, -0.2) is 8.42 Å². The van der Waals surface area contributed by atoms with Gasteiger partial charge in [0, 0.05) is 30.7 Å². The van der Waals surface area contributed by atoms with Crippen molar-refractivity contribution in [3.63, 3.8) is 0 Å². The van der Waals surface area contributed by atoms with Crippen LogP contribution in [0.3, 0.4) is 0 Å². The maximum Gasteiger partial charge on any atom is 0.573 e. The zero-order valence-electron chi connectivity index (χ0n) is 18.0. The van der Waals surface area contributed by atoms with E-state index in [-0.39, 0.29) is 19.1 Å².